The molecule has 0 unspecified atom stereocenters. The third kappa shape index (κ3) is 2.96. The number of rotatable bonds is 2. The number of hydrazone groups is 1. The smallest absolute Gasteiger partial charge is 0.237 e. The van der Waals surface area contributed by atoms with Gasteiger partial charge >= 0.3 is 0 Å². The number of aryl methyl sites for hydroxylation is 1. The summed E-state index contributed by atoms with van der Waals surface area (Å²) < 4.78 is 0.719. The van der Waals surface area contributed by atoms with Crippen molar-refractivity contribution in [2.75, 3.05) is 5.43 Å². The first kappa shape index (κ1) is 12.5. The number of nitriles is 2. The monoisotopic (exact) mass is 296 g/mol. The summed E-state index contributed by atoms with van der Waals surface area (Å²) in [4.78, 5) is 0. The van der Waals surface area contributed by atoms with Gasteiger partial charge < -0.3 is 0 Å². The van der Waals surface area contributed by atoms with Crippen molar-refractivity contribution >= 4 is 38.9 Å². The number of hydrogen-bond acceptors (Lipinski definition) is 4. The summed E-state index contributed by atoms with van der Waals surface area (Å²) in [5.41, 5.74) is 3.83. The van der Waals surface area contributed by atoms with E-state index in [2.05, 4.69) is 26.5 Å². The van der Waals surface area contributed by atoms with Crippen LogP contribution in [0.3, 0.4) is 0 Å². The van der Waals surface area contributed by atoms with E-state index in [4.69, 9.17) is 22.1 Å². The number of nitrogens with one attached hydrogen (secondary N) is 1. The van der Waals surface area contributed by atoms with E-state index in [1.165, 1.54) is 0 Å². The van der Waals surface area contributed by atoms with Gasteiger partial charge in [-0.2, -0.15) is 15.6 Å². The fraction of sp³-hybridized carbons (Fsp3) is 0.100. The summed E-state index contributed by atoms with van der Waals surface area (Å²) in [6.45, 7) is 1.90. The first-order chi connectivity index (χ1) is 7.58. The minimum absolute atomic E-state index is 0.261. The summed E-state index contributed by atoms with van der Waals surface area (Å²) in [5, 5.41) is 21.1. The first-order valence-electron chi connectivity index (χ1n) is 4.18. The highest BCUT2D eigenvalue weighted by molar-refractivity contribution is 9.10. The van der Waals surface area contributed by atoms with E-state index in [9.17, 15) is 0 Å². The van der Waals surface area contributed by atoms with Gasteiger partial charge in [0.05, 0.1) is 10.7 Å². The zero-order valence-corrected chi connectivity index (χ0v) is 10.6. The van der Waals surface area contributed by atoms with Crippen LogP contribution in [0.1, 0.15) is 5.56 Å². The average Bonchev–Trinajstić information content (AvgIpc) is 2.22. The Bertz CT molecular complexity index is 486. The molecule has 0 atom stereocenters. The van der Waals surface area contributed by atoms with E-state index < -0.39 is 0 Å². The Morgan fingerprint density at radius 3 is 2.56 bits per heavy atom. The van der Waals surface area contributed by atoms with Crippen molar-refractivity contribution in [1.29, 1.82) is 10.5 Å². The highest BCUT2D eigenvalue weighted by atomic mass is 79.9. The van der Waals surface area contributed by atoms with Gasteiger partial charge in [0.25, 0.3) is 0 Å². The SMILES string of the molecule is Cc1cc(Cl)c(NN=C(C#N)C#N)c(Br)c1. The van der Waals surface area contributed by atoms with Gasteiger partial charge in [-0.3, -0.25) is 5.43 Å². The van der Waals surface area contributed by atoms with E-state index in [0.29, 0.717) is 10.7 Å². The maximum absolute atomic E-state index is 8.50. The van der Waals surface area contributed by atoms with Crippen LogP contribution in [-0.4, -0.2) is 5.71 Å². The van der Waals surface area contributed by atoms with Crippen LogP contribution in [0.5, 0.6) is 0 Å². The van der Waals surface area contributed by atoms with Gasteiger partial charge in [-0.25, -0.2) is 0 Å². The van der Waals surface area contributed by atoms with E-state index in [0.717, 1.165) is 10.0 Å². The van der Waals surface area contributed by atoms with E-state index in [1.807, 2.05) is 13.0 Å². The molecule has 16 heavy (non-hydrogen) atoms. The minimum Gasteiger partial charge on any atom is -0.274 e. The lowest BCUT2D eigenvalue weighted by Crippen LogP contribution is -1.98. The van der Waals surface area contributed by atoms with Gasteiger partial charge in [0.2, 0.25) is 5.71 Å². The summed E-state index contributed by atoms with van der Waals surface area (Å²) in [6, 6.07) is 6.88. The van der Waals surface area contributed by atoms with Gasteiger partial charge in [-0.05, 0) is 40.5 Å². The molecular formula is C10H6BrClN4. The van der Waals surface area contributed by atoms with Gasteiger partial charge in [-0.1, -0.05) is 11.6 Å². The Morgan fingerprint density at radius 2 is 2.06 bits per heavy atom. The Hall–Kier alpha value is -1.56. The van der Waals surface area contributed by atoms with Crippen molar-refractivity contribution < 1.29 is 0 Å². The Labute approximate surface area is 106 Å². The minimum atomic E-state index is -0.261. The summed E-state index contributed by atoms with van der Waals surface area (Å²) in [5.74, 6) is 0. The summed E-state index contributed by atoms with van der Waals surface area (Å²) in [6.07, 6.45) is 0. The van der Waals surface area contributed by atoms with Crippen LogP contribution in [0.15, 0.2) is 21.7 Å². The molecule has 0 saturated carbocycles. The van der Waals surface area contributed by atoms with Crippen molar-refractivity contribution in [3.05, 3.63) is 27.2 Å². The van der Waals surface area contributed by atoms with Crippen LogP contribution in [0.4, 0.5) is 5.69 Å². The van der Waals surface area contributed by atoms with E-state index in [1.54, 1.807) is 18.2 Å². The Morgan fingerprint density at radius 1 is 1.44 bits per heavy atom. The largest absolute Gasteiger partial charge is 0.274 e. The fourth-order valence-electron chi connectivity index (χ4n) is 0.993. The highest BCUT2D eigenvalue weighted by Crippen LogP contribution is 2.31. The van der Waals surface area contributed by atoms with Crippen molar-refractivity contribution in [2.24, 2.45) is 5.10 Å². The summed E-state index contributed by atoms with van der Waals surface area (Å²) in [7, 11) is 0. The molecule has 1 N–H and O–H groups in total. The molecule has 4 nitrogen and oxygen atoms in total. The predicted molar refractivity (Wildman–Crippen MR) is 66.2 cm³/mol. The maximum Gasteiger partial charge on any atom is 0.237 e. The quantitative estimate of drug-likeness (QED) is 0.673. The van der Waals surface area contributed by atoms with Gasteiger partial charge in [0.1, 0.15) is 12.1 Å². The van der Waals surface area contributed by atoms with E-state index >= 15 is 0 Å². The zero-order valence-electron chi connectivity index (χ0n) is 8.25. The van der Waals surface area contributed by atoms with Crippen molar-refractivity contribution in [1.82, 2.24) is 0 Å². The number of halogens is 2. The van der Waals surface area contributed by atoms with Crippen molar-refractivity contribution in [2.45, 2.75) is 6.92 Å². The lowest BCUT2D eigenvalue weighted by molar-refractivity contribution is 1.31. The van der Waals surface area contributed by atoms with Crippen LogP contribution in [0, 0.1) is 29.6 Å². The number of hydrogen-bond donors (Lipinski definition) is 1. The normalized spacial score (nSPS) is 8.81. The molecule has 0 bridgehead atoms. The molecule has 0 aliphatic heterocycles. The second-order valence-corrected chi connectivity index (χ2v) is 4.16. The van der Waals surface area contributed by atoms with Crippen LogP contribution < -0.4 is 5.43 Å². The topological polar surface area (TPSA) is 72.0 Å². The molecule has 0 radical (unpaired) electrons. The van der Waals surface area contributed by atoms with Crippen LogP contribution in [-0.2, 0) is 0 Å². The molecule has 1 aromatic carbocycles. The average molecular weight is 298 g/mol. The molecule has 0 spiro atoms. The molecule has 0 heterocycles. The van der Waals surface area contributed by atoms with Crippen LogP contribution in [0.2, 0.25) is 5.02 Å². The number of benzene rings is 1. The molecule has 6 heteroatoms. The van der Waals surface area contributed by atoms with Crippen molar-refractivity contribution in [3.8, 4) is 12.1 Å². The Balaban J connectivity index is 3.05. The molecular weight excluding hydrogens is 291 g/mol. The standard InChI is InChI=1S/C10H6BrClN4/c1-6-2-8(11)10(9(12)3-6)16-15-7(4-13)5-14/h2-3,16H,1H3. The maximum atomic E-state index is 8.50. The summed E-state index contributed by atoms with van der Waals surface area (Å²) >= 11 is 9.29. The third-order valence-corrected chi connectivity index (χ3v) is 2.60. The van der Waals surface area contributed by atoms with Gasteiger partial charge in [0, 0.05) is 4.47 Å². The molecule has 0 amide bonds. The second kappa shape index (κ2) is 5.50. The number of nitrogens with zero attached hydrogens (tertiary/aromatic N) is 3. The highest BCUT2D eigenvalue weighted by Gasteiger charge is 2.06. The Kier molecular flexibility index (Phi) is 4.30. The second-order valence-electron chi connectivity index (χ2n) is 2.90. The molecule has 0 aliphatic carbocycles. The molecule has 1 rings (SSSR count). The molecule has 0 fully saturated rings. The van der Waals surface area contributed by atoms with Crippen molar-refractivity contribution in [3.63, 3.8) is 0 Å². The first-order valence-corrected chi connectivity index (χ1v) is 5.35. The predicted octanol–water partition coefficient (Wildman–Crippen LogP) is 3.23. The molecule has 80 valence electrons. The lowest BCUT2D eigenvalue weighted by Gasteiger charge is -2.06. The molecule has 0 saturated heterocycles. The third-order valence-electron chi connectivity index (χ3n) is 1.68. The van der Waals surface area contributed by atoms with E-state index in [-0.39, 0.29) is 5.71 Å². The molecule has 0 aromatic heterocycles. The lowest BCUT2D eigenvalue weighted by atomic mass is 10.2. The number of anilines is 1. The van der Waals surface area contributed by atoms with Crippen LogP contribution in [0.25, 0.3) is 0 Å². The van der Waals surface area contributed by atoms with Gasteiger partial charge in [-0.15, -0.1) is 0 Å². The fourth-order valence-corrected chi connectivity index (χ4v) is 2.09. The zero-order chi connectivity index (χ0) is 12.1. The van der Waals surface area contributed by atoms with Gasteiger partial charge in [0.15, 0.2) is 0 Å². The molecule has 1 aromatic rings. The molecule has 0 aliphatic rings. The van der Waals surface area contributed by atoms with Crippen LogP contribution >= 0.6 is 27.5 Å².